The zero-order valence-corrected chi connectivity index (χ0v) is 10.2. The Labute approximate surface area is 97.1 Å². The molecule has 3 N–H and O–H groups in total. The van der Waals surface area contributed by atoms with Gasteiger partial charge in [0.2, 0.25) is 0 Å². The number of benzene rings is 1. The van der Waals surface area contributed by atoms with Gasteiger partial charge in [-0.05, 0) is 12.1 Å². The largest absolute Gasteiger partial charge is 0.493 e. The van der Waals surface area contributed by atoms with Gasteiger partial charge in [-0.2, -0.15) is 0 Å². The molecule has 0 aliphatic rings. The SMILES string of the molecule is COc1ccc(Br)c(C(N)CO)c1OC. The van der Waals surface area contributed by atoms with Crippen molar-refractivity contribution in [1.29, 1.82) is 0 Å². The Hall–Kier alpha value is -0.780. The van der Waals surface area contributed by atoms with E-state index in [4.69, 9.17) is 20.3 Å². The molecular formula is C10H14BrNO3. The minimum absolute atomic E-state index is 0.151. The average molecular weight is 276 g/mol. The fourth-order valence-electron chi connectivity index (χ4n) is 1.36. The minimum atomic E-state index is -0.496. The maximum Gasteiger partial charge on any atom is 0.166 e. The maximum absolute atomic E-state index is 9.05. The molecule has 0 amide bonds. The van der Waals surface area contributed by atoms with E-state index >= 15 is 0 Å². The van der Waals surface area contributed by atoms with Crippen LogP contribution < -0.4 is 15.2 Å². The highest BCUT2D eigenvalue weighted by Gasteiger charge is 2.18. The quantitative estimate of drug-likeness (QED) is 0.873. The van der Waals surface area contributed by atoms with Gasteiger partial charge in [0.05, 0.1) is 26.9 Å². The van der Waals surface area contributed by atoms with Gasteiger partial charge in [-0.15, -0.1) is 0 Å². The Morgan fingerprint density at radius 1 is 1.40 bits per heavy atom. The molecule has 0 aliphatic carbocycles. The number of aliphatic hydroxyl groups excluding tert-OH is 1. The molecule has 0 saturated heterocycles. The molecular weight excluding hydrogens is 262 g/mol. The van der Waals surface area contributed by atoms with Crippen molar-refractivity contribution >= 4 is 15.9 Å². The van der Waals surface area contributed by atoms with Crippen LogP contribution in [0.4, 0.5) is 0 Å². The Morgan fingerprint density at radius 2 is 2.07 bits per heavy atom. The second-order valence-corrected chi connectivity index (χ2v) is 3.84. The van der Waals surface area contributed by atoms with Crippen molar-refractivity contribution in [3.05, 3.63) is 22.2 Å². The molecule has 0 heterocycles. The normalized spacial score (nSPS) is 12.3. The number of ether oxygens (including phenoxy) is 2. The number of halogens is 1. The average Bonchev–Trinajstić information content (AvgIpc) is 2.27. The first-order valence-electron chi connectivity index (χ1n) is 4.42. The third kappa shape index (κ3) is 2.42. The van der Waals surface area contributed by atoms with Crippen LogP contribution >= 0.6 is 15.9 Å². The molecule has 0 spiro atoms. The van der Waals surface area contributed by atoms with Crippen LogP contribution in [0.3, 0.4) is 0 Å². The fourth-order valence-corrected chi connectivity index (χ4v) is 1.97. The van der Waals surface area contributed by atoms with Crippen LogP contribution in [0.15, 0.2) is 16.6 Å². The molecule has 1 aromatic carbocycles. The van der Waals surface area contributed by atoms with Gasteiger partial charge in [-0.1, -0.05) is 15.9 Å². The van der Waals surface area contributed by atoms with E-state index in [0.717, 1.165) is 4.47 Å². The van der Waals surface area contributed by atoms with Crippen LogP contribution in [-0.2, 0) is 0 Å². The smallest absolute Gasteiger partial charge is 0.166 e. The highest BCUT2D eigenvalue weighted by atomic mass is 79.9. The third-order valence-electron chi connectivity index (χ3n) is 2.10. The van der Waals surface area contributed by atoms with E-state index in [0.29, 0.717) is 17.1 Å². The molecule has 1 rings (SSSR count). The number of rotatable bonds is 4. The van der Waals surface area contributed by atoms with E-state index in [1.54, 1.807) is 13.2 Å². The number of aliphatic hydroxyl groups is 1. The summed E-state index contributed by atoms with van der Waals surface area (Å²) >= 11 is 3.37. The predicted octanol–water partition coefficient (Wildman–Crippen LogP) is 1.46. The summed E-state index contributed by atoms with van der Waals surface area (Å²) in [6.45, 7) is -0.151. The Bertz CT molecular complexity index is 344. The standard InChI is InChI=1S/C10H14BrNO3/c1-14-8-4-3-6(11)9(7(12)5-13)10(8)15-2/h3-4,7,13H,5,12H2,1-2H3. The van der Waals surface area contributed by atoms with E-state index < -0.39 is 6.04 Å². The first-order chi connectivity index (χ1) is 7.15. The van der Waals surface area contributed by atoms with Crippen LogP contribution in [0.5, 0.6) is 11.5 Å². The lowest BCUT2D eigenvalue weighted by molar-refractivity contribution is 0.262. The molecule has 1 atom stereocenters. The van der Waals surface area contributed by atoms with Crippen molar-refractivity contribution in [3.63, 3.8) is 0 Å². The van der Waals surface area contributed by atoms with Crippen LogP contribution in [0.25, 0.3) is 0 Å². The van der Waals surface area contributed by atoms with Crippen LogP contribution in [0.2, 0.25) is 0 Å². The Balaban J connectivity index is 3.31. The number of nitrogens with two attached hydrogens (primary N) is 1. The summed E-state index contributed by atoms with van der Waals surface area (Å²) in [7, 11) is 3.10. The molecule has 0 aliphatic heterocycles. The molecule has 0 aromatic heterocycles. The first kappa shape index (κ1) is 12.3. The third-order valence-corrected chi connectivity index (χ3v) is 2.79. The number of hydrogen-bond donors (Lipinski definition) is 2. The summed E-state index contributed by atoms with van der Waals surface area (Å²) in [6.07, 6.45) is 0. The second-order valence-electron chi connectivity index (χ2n) is 2.99. The summed E-state index contributed by atoms with van der Waals surface area (Å²) in [5.74, 6) is 1.15. The number of methoxy groups -OCH3 is 2. The van der Waals surface area contributed by atoms with Gasteiger partial charge >= 0.3 is 0 Å². The first-order valence-corrected chi connectivity index (χ1v) is 5.21. The molecule has 0 fully saturated rings. The van der Waals surface area contributed by atoms with Gasteiger partial charge in [0.1, 0.15) is 0 Å². The van der Waals surface area contributed by atoms with Gasteiger partial charge in [0, 0.05) is 10.0 Å². The summed E-state index contributed by atoms with van der Waals surface area (Å²) in [5.41, 5.74) is 6.49. The lowest BCUT2D eigenvalue weighted by Gasteiger charge is -2.17. The summed E-state index contributed by atoms with van der Waals surface area (Å²) in [4.78, 5) is 0. The van der Waals surface area contributed by atoms with E-state index in [9.17, 15) is 0 Å². The lowest BCUT2D eigenvalue weighted by atomic mass is 10.1. The van der Waals surface area contributed by atoms with Gasteiger partial charge in [-0.3, -0.25) is 0 Å². The van der Waals surface area contributed by atoms with Gasteiger partial charge in [0.15, 0.2) is 11.5 Å². The lowest BCUT2D eigenvalue weighted by Crippen LogP contribution is -2.16. The van der Waals surface area contributed by atoms with Crippen molar-refractivity contribution in [2.45, 2.75) is 6.04 Å². The topological polar surface area (TPSA) is 64.7 Å². The maximum atomic E-state index is 9.05. The Morgan fingerprint density at radius 3 is 2.53 bits per heavy atom. The van der Waals surface area contributed by atoms with E-state index in [1.165, 1.54) is 7.11 Å². The molecule has 84 valence electrons. The monoisotopic (exact) mass is 275 g/mol. The molecule has 0 saturated carbocycles. The van der Waals surface area contributed by atoms with Crippen molar-refractivity contribution in [1.82, 2.24) is 0 Å². The summed E-state index contributed by atoms with van der Waals surface area (Å²) in [5, 5.41) is 9.05. The zero-order valence-electron chi connectivity index (χ0n) is 8.66. The molecule has 0 bridgehead atoms. The van der Waals surface area contributed by atoms with Crippen molar-refractivity contribution < 1.29 is 14.6 Å². The molecule has 4 nitrogen and oxygen atoms in total. The summed E-state index contributed by atoms with van der Waals surface area (Å²) < 4.78 is 11.2. The van der Waals surface area contributed by atoms with Gasteiger partial charge in [-0.25, -0.2) is 0 Å². The van der Waals surface area contributed by atoms with Gasteiger partial charge < -0.3 is 20.3 Å². The van der Waals surface area contributed by atoms with Crippen LogP contribution in [-0.4, -0.2) is 25.9 Å². The molecule has 1 aromatic rings. The summed E-state index contributed by atoms with van der Waals surface area (Å²) in [6, 6.07) is 3.09. The molecule has 1 unspecified atom stereocenters. The van der Waals surface area contributed by atoms with E-state index in [2.05, 4.69) is 15.9 Å². The predicted molar refractivity (Wildman–Crippen MR) is 61.3 cm³/mol. The molecule has 0 radical (unpaired) electrons. The highest BCUT2D eigenvalue weighted by Crippen LogP contribution is 2.38. The Kier molecular flexibility index (Phi) is 4.38. The fraction of sp³-hybridized carbons (Fsp3) is 0.400. The van der Waals surface area contributed by atoms with Gasteiger partial charge in [0.25, 0.3) is 0 Å². The number of hydrogen-bond acceptors (Lipinski definition) is 4. The van der Waals surface area contributed by atoms with Crippen LogP contribution in [0, 0.1) is 0 Å². The van der Waals surface area contributed by atoms with E-state index in [-0.39, 0.29) is 6.61 Å². The van der Waals surface area contributed by atoms with Crippen molar-refractivity contribution in [2.75, 3.05) is 20.8 Å². The second kappa shape index (κ2) is 5.34. The highest BCUT2D eigenvalue weighted by molar-refractivity contribution is 9.10. The molecule has 15 heavy (non-hydrogen) atoms. The van der Waals surface area contributed by atoms with E-state index in [1.807, 2.05) is 6.07 Å². The van der Waals surface area contributed by atoms with Crippen molar-refractivity contribution in [2.24, 2.45) is 5.73 Å². The minimum Gasteiger partial charge on any atom is -0.493 e. The van der Waals surface area contributed by atoms with Crippen molar-refractivity contribution in [3.8, 4) is 11.5 Å². The van der Waals surface area contributed by atoms with Crippen LogP contribution in [0.1, 0.15) is 11.6 Å². The molecule has 5 heteroatoms. The zero-order chi connectivity index (χ0) is 11.4.